The maximum Gasteiger partial charge on any atom is 0.243 e. The van der Waals surface area contributed by atoms with Crippen LogP contribution < -0.4 is 0 Å². The van der Waals surface area contributed by atoms with Gasteiger partial charge in [-0.1, -0.05) is 54.6 Å². The van der Waals surface area contributed by atoms with E-state index in [-0.39, 0.29) is 15.5 Å². The van der Waals surface area contributed by atoms with Crippen molar-refractivity contribution in [2.75, 3.05) is 12.3 Å². The van der Waals surface area contributed by atoms with Gasteiger partial charge in [0.05, 0.1) is 15.5 Å². The molecule has 1 aliphatic heterocycles. The quantitative estimate of drug-likeness (QED) is 0.640. The number of nitrogens with zero attached hydrogens (tertiary/aromatic N) is 1. The van der Waals surface area contributed by atoms with Gasteiger partial charge < -0.3 is 0 Å². The second-order valence-corrected chi connectivity index (χ2v) is 10.9. The number of rotatable bonds is 5. The Kier molecular flexibility index (Phi) is 4.99. The predicted molar refractivity (Wildman–Crippen MR) is 109 cm³/mol. The molecule has 4 rings (SSSR count). The Morgan fingerprint density at radius 3 is 2.29 bits per heavy atom. The molecule has 0 N–H and O–H groups in total. The van der Waals surface area contributed by atoms with E-state index in [9.17, 15) is 16.8 Å². The summed E-state index contributed by atoms with van der Waals surface area (Å²) in [6, 6.07) is 20.2. The fourth-order valence-corrected chi connectivity index (χ4v) is 7.44. The summed E-state index contributed by atoms with van der Waals surface area (Å²) < 4.78 is 53.8. The van der Waals surface area contributed by atoms with E-state index in [1.165, 1.54) is 4.31 Å². The lowest BCUT2D eigenvalue weighted by Gasteiger charge is -2.24. The predicted octanol–water partition coefficient (Wildman–Crippen LogP) is 3.47. The highest BCUT2D eigenvalue weighted by atomic mass is 32.2. The number of sulfonamides is 1. The summed E-state index contributed by atoms with van der Waals surface area (Å²) in [5.41, 5.74) is 0. The minimum absolute atomic E-state index is 0.207. The van der Waals surface area contributed by atoms with Gasteiger partial charge >= 0.3 is 0 Å². The molecular weight excluding hydrogens is 394 g/mol. The van der Waals surface area contributed by atoms with Crippen LogP contribution in [0.15, 0.2) is 82.6 Å². The molecule has 0 amide bonds. The zero-order chi connectivity index (χ0) is 19.8. The van der Waals surface area contributed by atoms with Crippen LogP contribution in [0, 0.1) is 0 Å². The topological polar surface area (TPSA) is 71.5 Å². The molecule has 5 nitrogen and oxygen atoms in total. The Hall–Kier alpha value is -2.22. The van der Waals surface area contributed by atoms with Gasteiger partial charge in [-0.2, -0.15) is 4.31 Å². The van der Waals surface area contributed by atoms with Gasteiger partial charge in [-0.25, -0.2) is 16.8 Å². The maximum absolute atomic E-state index is 13.4. The van der Waals surface area contributed by atoms with Crippen LogP contribution in [-0.2, 0) is 19.9 Å². The molecule has 0 saturated carbocycles. The Morgan fingerprint density at radius 2 is 1.50 bits per heavy atom. The Morgan fingerprint density at radius 1 is 0.821 bits per heavy atom. The van der Waals surface area contributed by atoms with Crippen LogP contribution in [0.3, 0.4) is 0 Å². The van der Waals surface area contributed by atoms with Crippen molar-refractivity contribution >= 4 is 30.6 Å². The van der Waals surface area contributed by atoms with Crippen LogP contribution >= 0.6 is 0 Å². The molecule has 0 aliphatic carbocycles. The molecule has 146 valence electrons. The first-order chi connectivity index (χ1) is 13.4. The van der Waals surface area contributed by atoms with Gasteiger partial charge in [-0.15, -0.1) is 0 Å². The van der Waals surface area contributed by atoms with Gasteiger partial charge in [-0.3, -0.25) is 0 Å². The van der Waals surface area contributed by atoms with E-state index < -0.39 is 25.9 Å². The summed E-state index contributed by atoms with van der Waals surface area (Å²) in [5.74, 6) is -0.207. The Balaban J connectivity index is 1.70. The molecule has 1 fully saturated rings. The lowest BCUT2D eigenvalue weighted by molar-refractivity contribution is 0.408. The zero-order valence-electron chi connectivity index (χ0n) is 15.2. The van der Waals surface area contributed by atoms with Crippen molar-refractivity contribution in [3.63, 3.8) is 0 Å². The van der Waals surface area contributed by atoms with Gasteiger partial charge in [0.25, 0.3) is 0 Å². The molecule has 7 heteroatoms. The molecule has 1 saturated heterocycles. The van der Waals surface area contributed by atoms with Gasteiger partial charge in [0.2, 0.25) is 10.0 Å². The van der Waals surface area contributed by atoms with E-state index in [1.807, 2.05) is 24.3 Å². The summed E-state index contributed by atoms with van der Waals surface area (Å²) >= 11 is 0. The smallest absolute Gasteiger partial charge is 0.224 e. The third kappa shape index (κ3) is 3.45. The largest absolute Gasteiger partial charge is 0.243 e. The zero-order valence-corrected chi connectivity index (χ0v) is 16.9. The molecule has 28 heavy (non-hydrogen) atoms. The summed E-state index contributed by atoms with van der Waals surface area (Å²) in [5, 5.41) is 1.50. The first-order valence-corrected chi connectivity index (χ1v) is 12.3. The minimum Gasteiger partial charge on any atom is -0.224 e. The van der Waals surface area contributed by atoms with Crippen LogP contribution in [0.1, 0.15) is 12.8 Å². The van der Waals surface area contributed by atoms with Crippen LogP contribution in [0.2, 0.25) is 0 Å². The highest BCUT2D eigenvalue weighted by Crippen LogP contribution is 2.31. The number of fused-ring (bicyclic) bond motifs is 1. The highest BCUT2D eigenvalue weighted by Gasteiger charge is 2.38. The molecule has 0 unspecified atom stereocenters. The molecule has 0 radical (unpaired) electrons. The lowest BCUT2D eigenvalue weighted by atomic mass is 10.1. The molecule has 0 bridgehead atoms. The fourth-order valence-electron chi connectivity index (χ4n) is 3.82. The van der Waals surface area contributed by atoms with Gasteiger partial charge in [0.15, 0.2) is 9.84 Å². The summed E-state index contributed by atoms with van der Waals surface area (Å²) in [7, 11) is -7.37. The first kappa shape index (κ1) is 19.1. The van der Waals surface area contributed by atoms with E-state index in [1.54, 1.807) is 48.5 Å². The molecule has 1 atom stereocenters. The Labute approximate surface area is 165 Å². The number of sulfone groups is 1. The summed E-state index contributed by atoms with van der Waals surface area (Å²) in [6.07, 6.45) is 1.19. The normalized spacial score (nSPS) is 18.5. The van der Waals surface area contributed by atoms with E-state index >= 15 is 0 Å². The third-order valence-electron chi connectivity index (χ3n) is 5.17. The van der Waals surface area contributed by atoms with E-state index in [0.29, 0.717) is 24.8 Å². The fraction of sp³-hybridized carbons (Fsp3) is 0.238. The van der Waals surface area contributed by atoms with Crippen molar-refractivity contribution in [1.82, 2.24) is 4.31 Å². The van der Waals surface area contributed by atoms with E-state index in [0.717, 1.165) is 5.39 Å². The molecular formula is C21H21NO4S2. The van der Waals surface area contributed by atoms with Crippen molar-refractivity contribution in [1.29, 1.82) is 0 Å². The van der Waals surface area contributed by atoms with Gasteiger partial charge in [-0.05, 0) is 36.4 Å². The highest BCUT2D eigenvalue weighted by molar-refractivity contribution is 7.91. The third-order valence-corrected chi connectivity index (χ3v) is 9.00. The average Bonchev–Trinajstić information content (AvgIpc) is 3.16. The summed E-state index contributed by atoms with van der Waals surface area (Å²) in [6.45, 7) is 0.334. The molecule has 0 spiro atoms. The van der Waals surface area contributed by atoms with Crippen LogP contribution in [0.5, 0.6) is 0 Å². The van der Waals surface area contributed by atoms with Crippen molar-refractivity contribution < 1.29 is 16.8 Å². The number of hydrogen-bond acceptors (Lipinski definition) is 4. The van der Waals surface area contributed by atoms with Crippen molar-refractivity contribution in [2.24, 2.45) is 0 Å². The second-order valence-electron chi connectivity index (χ2n) is 6.98. The molecule has 1 aliphatic rings. The number of hydrogen-bond donors (Lipinski definition) is 0. The lowest BCUT2D eigenvalue weighted by Crippen LogP contribution is -2.39. The molecule has 3 aromatic rings. The summed E-state index contributed by atoms with van der Waals surface area (Å²) in [4.78, 5) is 0.457. The Bertz CT molecular complexity index is 1200. The van der Waals surface area contributed by atoms with Gasteiger partial charge in [0, 0.05) is 18.0 Å². The van der Waals surface area contributed by atoms with Crippen LogP contribution in [0.4, 0.5) is 0 Å². The monoisotopic (exact) mass is 415 g/mol. The molecule has 1 heterocycles. The first-order valence-electron chi connectivity index (χ1n) is 9.17. The molecule has 0 aromatic heterocycles. The van der Waals surface area contributed by atoms with Gasteiger partial charge in [0.1, 0.15) is 0 Å². The minimum atomic E-state index is -3.80. The maximum atomic E-state index is 13.4. The second kappa shape index (κ2) is 7.31. The van der Waals surface area contributed by atoms with E-state index in [2.05, 4.69) is 0 Å². The van der Waals surface area contributed by atoms with Crippen molar-refractivity contribution in [3.8, 4) is 0 Å². The van der Waals surface area contributed by atoms with E-state index in [4.69, 9.17) is 0 Å². The average molecular weight is 416 g/mol. The molecule has 3 aromatic carbocycles. The standard InChI is InChI=1S/C21H21NO4S2/c23-27(24,19-11-2-1-3-12-19)16-18-10-7-15-22(18)28(25,26)21-14-6-9-17-8-4-5-13-20(17)21/h1-6,8-9,11-14,18H,7,10,15-16H2/t18-/m0/s1. The van der Waals surface area contributed by atoms with Crippen LogP contribution in [-0.4, -0.2) is 39.5 Å². The number of benzene rings is 3. The van der Waals surface area contributed by atoms with Crippen molar-refractivity contribution in [2.45, 2.75) is 28.7 Å². The van der Waals surface area contributed by atoms with Crippen molar-refractivity contribution in [3.05, 3.63) is 72.8 Å². The van der Waals surface area contributed by atoms with Crippen LogP contribution in [0.25, 0.3) is 10.8 Å². The SMILES string of the molecule is O=S(=O)(C[C@@H]1CCCN1S(=O)(=O)c1cccc2ccccc12)c1ccccc1.